The molecule has 1 fully saturated rings. The highest BCUT2D eigenvalue weighted by Crippen LogP contribution is 2.33. The number of pyridine rings is 2. The number of imidazole rings is 1. The van der Waals surface area contributed by atoms with Crippen molar-refractivity contribution in [3.8, 4) is 22.8 Å². The molecule has 10 heteroatoms. The second-order valence-corrected chi connectivity index (χ2v) is 10.2. The van der Waals surface area contributed by atoms with Crippen molar-refractivity contribution in [1.82, 2.24) is 19.5 Å². The molecule has 10 nitrogen and oxygen atoms in total. The number of nitrogens with one attached hydrogen (secondary N) is 1. The molecule has 0 atom stereocenters. The first-order valence-electron chi connectivity index (χ1n) is 13.5. The van der Waals surface area contributed by atoms with E-state index >= 15 is 0 Å². The predicted octanol–water partition coefficient (Wildman–Crippen LogP) is 4.43. The summed E-state index contributed by atoms with van der Waals surface area (Å²) in [6.07, 6.45) is 8.10. The van der Waals surface area contributed by atoms with Crippen LogP contribution in [0.25, 0.3) is 28.2 Å². The molecule has 0 unspecified atom stereocenters. The number of aryl methyl sites for hydroxylation is 2. The molecule has 1 saturated carbocycles. The minimum Gasteiger partial charge on any atom is -0.507 e. The fraction of sp³-hybridized carbons (Fsp3) is 0.194. The minimum absolute atomic E-state index is 0.0614. The van der Waals surface area contributed by atoms with Gasteiger partial charge in [-0.05, 0) is 97.8 Å². The summed E-state index contributed by atoms with van der Waals surface area (Å²) in [7, 11) is 0. The molecule has 2 aliphatic carbocycles. The number of aromatic nitrogens is 4. The number of aldehydes is 1. The van der Waals surface area contributed by atoms with E-state index in [1.807, 2.05) is 24.3 Å². The SMILES string of the molecule is NC(=O)c1ccc(O)c(C=O)c1.Nc1ncccc1-c1nc2ccc(NC3CC3)nc2n1-c1ccc2c(c1)CCC2. The van der Waals surface area contributed by atoms with E-state index in [-0.39, 0.29) is 16.9 Å². The summed E-state index contributed by atoms with van der Waals surface area (Å²) in [6, 6.07) is 19.0. The quantitative estimate of drug-likeness (QED) is 0.227. The summed E-state index contributed by atoms with van der Waals surface area (Å²) >= 11 is 0. The summed E-state index contributed by atoms with van der Waals surface area (Å²) in [5.41, 5.74) is 17.9. The van der Waals surface area contributed by atoms with Crippen molar-refractivity contribution in [1.29, 1.82) is 0 Å². The Kier molecular flexibility index (Phi) is 6.80. The monoisotopic (exact) mass is 547 g/mol. The largest absolute Gasteiger partial charge is 0.507 e. The number of fused-ring (bicyclic) bond motifs is 2. The number of nitrogens with zero attached hydrogens (tertiary/aromatic N) is 4. The molecule has 7 rings (SSSR count). The van der Waals surface area contributed by atoms with Crippen LogP contribution in [0.1, 0.15) is 51.1 Å². The van der Waals surface area contributed by atoms with Crippen molar-refractivity contribution < 1.29 is 14.7 Å². The molecule has 41 heavy (non-hydrogen) atoms. The normalized spacial score (nSPS) is 13.8. The summed E-state index contributed by atoms with van der Waals surface area (Å²) in [5.74, 6) is 1.36. The van der Waals surface area contributed by atoms with Gasteiger partial charge in [0.1, 0.15) is 22.9 Å². The van der Waals surface area contributed by atoms with Crippen LogP contribution < -0.4 is 16.8 Å². The van der Waals surface area contributed by atoms with E-state index in [1.54, 1.807) is 6.20 Å². The third-order valence-electron chi connectivity index (χ3n) is 7.29. The number of primary amides is 1. The average molecular weight is 548 g/mol. The number of hydrogen-bond acceptors (Lipinski definition) is 8. The van der Waals surface area contributed by atoms with Gasteiger partial charge in [-0.25, -0.2) is 15.0 Å². The van der Waals surface area contributed by atoms with E-state index in [1.165, 1.54) is 48.6 Å². The van der Waals surface area contributed by atoms with Crippen LogP contribution in [0.4, 0.5) is 11.6 Å². The first kappa shape index (κ1) is 26.0. The molecule has 0 aliphatic heterocycles. The number of carbonyl (C=O) groups excluding carboxylic acids is 2. The lowest BCUT2D eigenvalue weighted by atomic mass is 10.1. The van der Waals surface area contributed by atoms with Crippen LogP contribution in [0.2, 0.25) is 0 Å². The van der Waals surface area contributed by atoms with Gasteiger partial charge in [0.15, 0.2) is 17.8 Å². The maximum atomic E-state index is 10.6. The third kappa shape index (κ3) is 5.31. The molecule has 0 spiro atoms. The highest BCUT2D eigenvalue weighted by molar-refractivity contribution is 5.95. The lowest BCUT2D eigenvalue weighted by Crippen LogP contribution is -2.10. The number of anilines is 2. The van der Waals surface area contributed by atoms with Gasteiger partial charge in [-0.3, -0.25) is 14.2 Å². The standard InChI is InChI=1S/C23H22N6.C8H7NO3/c24-21-18(5-2-12-25-21)22-27-19-10-11-20(26-16-7-8-16)28-23(19)29(22)17-9-6-14-3-1-4-15(14)13-17;9-8(12)5-1-2-7(11)6(3-5)4-10/h2,5-6,9-13,16H,1,3-4,7-8H2,(H2,24,25)(H,26,28);1-4,11H,(H2,9,12). The van der Waals surface area contributed by atoms with E-state index in [2.05, 4.69) is 33.1 Å². The van der Waals surface area contributed by atoms with Crippen molar-refractivity contribution >= 4 is 35.0 Å². The number of aromatic hydroxyl groups is 1. The third-order valence-corrected chi connectivity index (χ3v) is 7.29. The fourth-order valence-corrected chi connectivity index (χ4v) is 5.01. The first-order valence-corrected chi connectivity index (χ1v) is 13.5. The van der Waals surface area contributed by atoms with Gasteiger partial charge in [-0.1, -0.05) is 6.07 Å². The number of amides is 1. The number of rotatable bonds is 6. The minimum atomic E-state index is -0.627. The molecule has 0 saturated heterocycles. The fourth-order valence-electron chi connectivity index (χ4n) is 5.01. The predicted molar refractivity (Wildman–Crippen MR) is 157 cm³/mol. The van der Waals surface area contributed by atoms with Crippen LogP contribution in [0.3, 0.4) is 0 Å². The van der Waals surface area contributed by atoms with Gasteiger partial charge in [0, 0.05) is 23.5 Å². The van der Waals surface area contributed by atoms with Crippen LogP contribution in [0.15, 0.2) is 66.9 Å². The molecular formula is C31H29N7O3. The Morgan fingerprint density at radius 2 is 1.85 bits per heavy atom. The zero-order valence-corrected chi connectivity index (χ0v) is 22.2. The van der Waals surface area contributed by atoms with E-state index < -0.39 is 5.91 Å². The van der Waals surface area contributed by atoms with Crippen molar-refractivity contribution in [2.24, 2.45) is 5.73 Å². The number of nitrogens with two attached hydrogens (primary N) is 2. The zero-order valence-electron chi connectivity index (χ0n) is 22.2. The van der Waals surface area contributed by atoms with Crippen molar-refractivity contribution in [2.75, 3.05) is 11.1 Å². The molecule has 206 valence electrons. The highest BCUT2D eigenvalue weighted by Gasteiger charge is 2.23. The van der Waals surface area contributed by atoms with Gasteiger partial charge in [0.05, 0.1) is 11.1 Å². The summed E-state index contributed by atoms with van der Waals surface area (Å²) in [6.45, 7) is 0. The number of benzene rings is 2. The molecule has 1 amide bonds. The van der Waals surface area contributed by atoms with Crippen LogP contribution >= 0.6 is 0 Å². The number of hydrogen-bond donors (Lipinski definition) is 4. The van der Waals surface area contributed by atoms with Gasteiger partial charge in [-0.15, -0.1) is 0 Å². The number of carbonyl (C=O) groups is 2. The molecule has 5 aromatic rings. The lowest BCUT2D eigenvalue weighted by molar-refractivity contribution is 0.1000. The zero-order chi connectivity index (χ0) is 28.5. The molecule has 0 bridgehead atoms. The van der Waals surface area contributed by atoms with Gasteiger partial charge in [0.2, 0.25) is 5.91 Å². The van der Waals surface area contributed by atoms with Crippen molar-refractivity contribution in [2.45, 2.75) is 38.1 Å². The Hall–Kier alpha value is -5.25. The van der Waals surface area contributed by atoms with Crippen molar-refractivity contribution in [3.05, 3.63) is 89.1 Å². The molecule has 2 aliphatic rings. The van der Waals surface area contributed by atoms with E-state index in [0.717, 1.165) is 46.9 Å². The van der Waals surface area contributed by atoms with Crippen LogP contribution in [0, 0.1) is 0 Å². The first-order chi connectivity index (χ1) is 19.9. The number of nitrogen functional groups attached to an aromatic ring is 1. The van der Waals surface area contributed by atoms with E-state index in [0.29, 0.717) is 18.1 Å². The topological polar surface area (TPSA) is 162 Å². The maximum absolute atomic E-state index is 10.6. The van der Waals surface area contributed by atoms with Gasteiger partial charge in [-0.2, -0.15) is 0 Å². The summed E-state index contributed by atoms with van der Waals surface area (Å²) < 4.78 is 2.12. The van der Waals surface area contributed by atoms with Crippen LogP contribution in [-0.4, -0.2) is 42.9 Å². The van der Waals surface area contributed by atoms with Crippen LogP contribution in [-0.2, 0) is 12.8 Å². The molecule has 6 N–H and O–H groups in total. The Labute approximate surface area is 236 Å². The second-order valence-electron chi connectivity index (χ2n) is 10.2. The van der Waals surface area contributed by atoms with E-state index in [9.17, 15) is 9.59 Å². The number of phenols is 1. The molecule has 3 heterocycles. The van der Waals surface area contributed by atoms with Crippen molar-refractivity contribution in [3.63, 3.8) is 0 Å². The van der Waals surface area contributed by atoms with Gasteiger partial charge in [0.25, 0.3) is 0 Å². The Bertz CT molecular complexity index is 1790. The smallest absolute Gasteiger partial charge is 0.248 e. The van der Waals surface area contributed by atoms with Gasteiger partial charge >= 0.3 is 0 Å². The maximum Gasteiger partial charge on any atom is 0.248 e. The molecular weight excluding hydrogens is 518 g/mol. The summed E-state index contributed by atoms with van der Waals surface area (Å²) in [5, 5.41) is 12.5. The molecule has 0 radical (unpaired) electrons. The number of phenolic OH excluding ortho intramolecular Hbond substituents is 1. The van der Waals surface area contributed by atoms with Gasteiger partial charge < -0.3 is 21.9 Å². The Balaban J connectivity index is 0.000000213. The average Bonchev–Trinajstić information content (AvgIpc) is 3.52. The van der Waals surface area contributed by atoms with E-state index in [4.69, 9.17) is 26.5 Å². The lowest BCUT2D eigenvalue weighted by Gasteiger charge is -2.12. The second kappa shape index (κ2) is 10.7. The Morgan fingerprint density at radius 1 is 1.02 bits per heavy atom. The Morgan fingerprint density at radius 3 is 2.61 bits per heavy atom. The summed E-state index contributed by atoms with van der Waals surface area (Å²) in [4.78, 5) is 35.0. The molecule has 3 aromatic heterocycles. The van der Waals surface area contributed by atoms with Crippen LogP contribution in [0.5, 0.6) is 5.75 Å². The molecule has 2 aromatic carbocycles. The highest BCUT2D eigenvalue weighted by atomic mass is 16.3.